The maximum Gasteiger partial charge on any atom is 0.215 e. The molecule has 3 fully saturated rings. The van der Waals surface area contributed by atoms with Crippen LogP contribution in [0.1, 0.15) is 36.8 Å². The monoisotopic (exact) mass is 584 g/mol. The zero-order valence-corrected chi connectivity index (χ0v) is 24.0. The molecule has 3 aliphatic heterocycles. The Morgan fingerprint density at radius 1 is 1.29 bits per heavy atom. The number of ether oxygens (including phenoxy) is 2. The van der Waals surface area contributed by atoms with E-state index in [-0.39, 0.29) is 29.5 Å². The Bertz CT molecular complexity index is 1330. The molecule has 2 atom stereocenters. The number of aryl methyl sites for hydroxylation is 1. The maximum absolute atomic E-state index is 14.8. The summed E-state index contributed by atoms with van der Waals surface area (Å²) in [6.07, 6.45) is 4.58. The summed E-state index contributed by atoms with van der Waals surface area (Å²) >= 11 is 1.18. The van der Waals surface area contributed by atoms with Gasteiger partial charge in [-0.2, -0.15) is 5.26 Å². The highest BCUT2D eigenvalue weighted by molar-refractivity contribution is 7.98. The molecule has 2 aromatic rings. The van der Waals surface area contributed by atoms with Crippen LogP contribution in [-0.4, -0.2) is 84.5 Å². The molecule has 1 amide bonds. The van der Waals surface area contributed by atoms with Crippen LogP contribution >= 0.6 is 12.1 Å². The van der Waals surface area contributed by atoms with E-state index in [1.54, 1.807) is 23.1 Å². The lowest BCUT2D eigenvalue weighted by Crippen LogP contribution is -2.43. The molecule has 12 heteroatoms. The number of alkyl halides is 1. The Morgan fingerprint density at radius 2 is 2.10 bits per heavy atom. The topological polar surface area (TPSA) is 93.4 Å². The first-order valence-corrected chi connectivity index (χ1v) is 14.5. The number of piperidine rings is 1. The average Bonchev–Trinajstić information content (AvgIpc) is 3.58. The van der Waals surface area contributed by atoms with Gasteiger partial charge in [-0.1, -0.05) is 0 Å². The second-order valence-electron chi connectivity index (χ2n) is 10.9. The normalized spacial score (nSPS) is 22.7. The van der Waals surface area contributed by atoms with Crippen molar-refractivity contribution in [3.05, 3.63) is 47.3 Å². The molecule has 1 N–H and O–H groups in total. The SMILES string of the molecule is Cc1cc(Oc2c(F)ccc(NSN3CCC(F)C3)c2C#N)ccc1N=CN(C=O)C1COC2(CCN(C)CC2)C1. The largest absolute Gasteiger partial charge is 0.453 e. The van der Waals surface area contributed by atoms with Gasteiger partial charge >= 0.3 is 0 Å². The van der Waals surface area contributed by atoms with Gasteiger partial charge in [0.25, 0.3) is 0 Å². The number of carbonyl (C=O) groups excluding carboxylic acids is 1. The molecule has 2 unspecified atom stereocenters. The molecule has 1 spiro atoms. The van der Waals surface area contributed by atoms with Crippen LogP contribution in [0.15, 0.2) is 35.3 Å². The predicted molar refractivity (Wildman–Crippen MR) is 155 cm³/mol. The Hall–Kier alpha value is -3.24. The van der Waals surface area contributed by atoms with Crippen molar-refractivity contribution >= 4 is 36.3 Å². The molecule has 0 bridgehead atoms. The summed E-state index contributed by atoms with van der Waals surface area (Å²) in [6, 6.07) is 9.69. The van der Waals surface area contributed by atoms with Gasteiger partial charge < -0.3 is 19.1 Å². The number of rotatable bonds is 9. The summed E-state index contributed by atoms with van der Waals surface area (Å²) in [5, 5.41) is 9.78. The second kappa shape index (κ2) is 12.7. The van der Waals surface area contributed by atoms with Crippen LogP contribution in [0.4, 0.5) is 20.2 Å². The third kappa shape index (κ3) is 6.81. The van der Waals surface area contributed by atoms with Gasteiger partial charge in [0.15, 0.2) is 11.6 Å². The minimum Gasteiger partial charge on any atom is -0.453 e. The number of benzene rings is 2. The lowest BCUT2D eigenvalue weighted by molar-refractivity contribution is -0.116. The van der Waals surface area contributed by atoms with Crippen LogP contribution in [0.25, 0.3) is 0 Å². The highest BCUT2D eigenvalue weighted by Crippen LogP contribution is 2.38. The third-order valence-corrected chi connectivity index (χ3v) is 8.85. The van der Waals surface area contributed by atoms with Crippen LogP contribution in [0.5, 0.6) is 11.5 Å². The first-order valence-electron chi connectivity index (χ1n) is 13.7. The number of hydrogen-bond acceptors (Lipinski definition) is 9. The highest BCUT2D eigenvalue weighted by Gasteiger charge is 2.43. The van der Waals surface area contributed by atoms with Crippen LogP contribution in [-0.2, 0) is 9.53 Å². The predicted octanol–water partition coefficient (Wildman–Crippen LogP) is 5.19. The summed E-state index contributed by atoms with van der Waals surface area (Å²) in [5.74, 6) is -0.540. The fourth-order valence-corrected chi connectivity index (χ4v) is 6.24. The van der Waals surface area contributed by atoms with E-state index in [0.717, 1.165) is 44.3 Å². The van der Waals surface area contributed by atoms with Gasteiger partial charge in [-0.05, 0) is 75.5 Å². The summed E-state index contributed by atoms with van der Waals surface area (Å²) in [7, 11) is 2.11. The number of aliphatic imine (C=N–C) groups is 1. The van der Waals surface area contributed by atoms with Crippen molar-refractivity contribution in [3.8, 4) is 17.6 Å². The van der Waals surface area contributed by atoms with E-state index >= 15 is 0 Å². The van der Waals surface area contributed by atoms with Gasteiger partial charge in [0, 0.05) is 38.3 Å². The number of likely N-dealkylation sites (tertiary alicyclic amines) is 1. The quantitative estimate of drug-likeness (QED) is 0.186. The number of hydrogen-bond donors (Lipinski definition) is 1. The first-order chi connectivity index (χ1) is 19.8. The van der Waals surface area contributed by atoms with Crippen LogP contribution in [0, 0.1) is 24.1 Å². The zero-order chi connectivity index (χ0) is 29.0. The number of nitrogens with zero attached hydrogens (tertiary/aromatic N) is 5. The Balaban J connectivity index is 1.25. The number of nitrogens with one attached hydrogen (secondary N) is 1. The molecule has 2 aromatic carbocycles. The lowest BCUT2D eigenvalue weighted by atomic mass is 9.87. The molecule has 3 aliphatic rings. The van der Waals surface area contributed by atoms with E-state index in [9.17, 15) is 18.8 Å². The number of carbonyl (C=O) groups is 1. The van der Waals surface area contributed by atoms with Crippen LogP contribution in [0.2, 0.25) is 0 Å². The van der Waals surface area contributed by atoms with E-state index in [2.05, 4.69) is 21.7 Å². The van der Waals surface area contributed by atoms with Crippen molar-refractivity contribution < 1.29 is 23.0 Å². The molecular formula is C29H34F2N6O3S. The molecule has 218 valence electrons. The molecule has 5 rings (SSSR count). The van der Waals surface area contributed by atoms with Crippen molar-refractivity contribution in [1.29, 1.82) is 5.26 Å². The average molecular weight is 585 g/mol. The van der Waals surface area contributed by atoms with E-state index in [0.29, 0.717) is 36.7 Å². The molecule has 3 heterocycles. The standard InChI is InChI=1S/C29H34F2N6O3S/c1-20-13-23(40-28-24(15-32)27(6-4-25(28)31)34-41-37-10-7-21(30)16-37)3-5-26(20)33-18-36(19-38)22-14-29(39-17-22)8-11-35(2)12-9-29/h3-6,13,18-19,21-22,34H,7-12,14,16-17H2,1-2H3. The Labute approximate surface area is 243 Å². The van der Waals surface area contributed by atoms with Crippen molar-refractivity contribution in [2.75, 3.05) is 44.6 Å². The fourth-order valence-electron chi connectivity index (χ4n) is 5.41. The van der Waals surface area contributed by atoms with Gasteiger partial charge in [0.2, 0.25) is 6.41 Å². The number of amides is 1. The van der Waals surface area contributed by atoms with Gasteiger partial charge in [-0.3, -0.25) is 9.69 Å². The molecule has 0 radical (unpaired) electrons. The van der Waals surface area contributed by atoms with E-state index in [1.807, 2.05) is 17.3 Å². The minimum atomic E-state index is -0.878. The van der Waals surface area contributed by atoms with Gasteiger partial charge in [0.05, 0.1) is 36.0 Å². The van der Waals surface area contributed by atoms with Gasteiger partial charge in [-0.25, -0.2) is 18.1 Å². The van der Waals surface area contributed by atoms with Crippen molar-refractivity contribution in [2.24, 2.45) is 4.99 Å². The summed E-state index contributed by atoms with van der Waals surface area (Å²) < 4.78 is 45.1. The van der Waals surface area contributed by atoms with E-state index < -0.39 is 12.0 Å². The van der Waals surface area contributed by atoms with E-state index in [1.165, 1.54) is 30.6 Å². The van der Waals surface area contributed by atoms with E-state index in [4.69, 9.17) is 9.47 Å². The summed E-state index contributed by atoms with van der Waals surface area (Å²) in [6.45, 7) is 5.14. The fraction of sp³-hybridized carbons (Fsp3) is 0.483. The van der Waals surface area contributed by atoms with Gasteiger partial charge in [-0.15, -0.1) is 0 Å². The molecule has 9 nitrogen and oxygen atoms in total. The first kappa shape index (κ1) is 29.3. The second-order valence-corrected chi connectivity index (χ2v) is 11.8. The summed E-state index contributed by atoms with van der Waals surface area (Å²) in [4.78, 5) is 20.3. The van der Waals surface area contributed by atoms with Crippen LogP contribution < -0.4 is 9.46 Å². The third-order valence-electron chi connectivity index (χ3n) is 7.95. The molecular weight excluding hydrogens is 550 g/mol. The minimum absolute atomic E-state index is 0.0102. The van der Waals surface area contributed by atoms with Gasteiger partial charge in [0.1, 0.15) is 23.6 Å². The smallest absolute Gasteiger partial charge is 0.215 e. The van der Waals surface area contributed by atoms with Crippen LogP contribution in [0.3, 0.4) is 0 Å². The molecule has 0 aliphatic carbocycles. The maximum atomic E-state index is 14.8. The number of anilines is 1. The Morgan fingerprint density at radius 3 is 2.78 bits per heavy atom. The van der Waals surface area contributed by atoms with Crippen molar-refractivity contribution in [1.82, 2.24) is 14.1 Å². The molecule has 41 heavy (non-hydrogen) atoms. The molecule has 0 aromatic heterocycles. The Kier molecular flexibility index (Phi) is 9.09. The highest BCUT2D eigenvalue weighted by atomic mass is 32.2. The number of halogens is 2. The zero-order valence-electron chi connectivity index (χ0n) is 23.2. The summed E-state index contributed by atoms with van der Waals surface area (Å²) in [5.41, 5.74) is 1.59. The molecule has 3 saturated heterocycles. The van der Waals surface area contributed by atoms with Crippen molar-refractivity contribution in [3.63, 3.8) is 0 Å². The lowest BCUT2D eigenvalue weighted by Gasteiger charge is -2.37. The molecule has 0 saturated carbocycles. The number of nitriles is 1. The van der Waals surface area contributed by atoms with Crippen molar-refractivity contribution in [2.45, 2.75) is 50.4 Å².